The standard InChI is InChI=1S/C29H34N3O5P/c1-22(33)12-6-2-3-11-17-27(34)32-29(24-20-18-23(19-21-24)28(30)31)38(35,36-25-13-7-4-8-14-25)37-26-15-9-5-10-16-26/h4-5,7-10,13-16,18-21,29H,2-3,6,11-12,17H2,1H3,(H3,30,31)(H,32,34). The first-order valence-electron chi connectivity index (χ1n) is 12.6. The fourth-order valence-electron chi connectivity index (χ4n) is 3.81. The molecule has 1 atom stereocenters. The van der Waals surface area contributed by atoms with Crippen LogP contribution in [0.5, 0.6) is 11.5 Å². The van der Waals surface area contributed by atoms with E-state index in [9.17, 15) is 14.2 Å². The minimum atomic E-state index is -4.10. The molecule has 1 unspecified atom stereocenters. The molecule has 0 aliphatic carbocycles. The number of carbonyl (C=O) groups is 2. The van der Waals surface area contributed by atoms with Crippen molar-refractivity contribution in [1.82, 2.24) is 5.32 Å². The number of amides is 1. The molecule has 3 aromatic carbocycles. The highest BCUT2D eigenvalue weighted by molar-refractivity contribution is 7.55. The van der Waals surface area contributed by atoms with Crippen LogP contribution in [0.2, 0.25) is 0 Å². The Morgan fingerprint density at radius 2 is 1.32 bits per heavy atom. The van der Waals surface area contributed by atoms with Gasteiger partial charge in [0.05, 0.1) is 0 Å². The van der Waals surface area contributed by atoms with Crippen LogP contribution in [0.1, 0.15) is 62.4 Å². The summed E-state index contributed by atoms with van der Waals surface area (Å²) in [6.45, 7) is 1.57. The number of para-hydroxylation sites is 2. The van der Waals surface area contributed by atoms with Crippen LogP contribution >= 0.6 is 7.60 Å². The highest BCUT2D eigenvalue weighted by Gasteiger charge is 2.42. The first kappa shape index (κ1) is 28.7. The van der Waals surface area contributed by atoms with E-state index < -0.39 is 13.4 Å². The van der Waals surface area contributed by atoms with E-state index >= 15 is 0 Å². The van der Waals surface area contributed by atoms with E-state index in [1.165, 1.54) is 0 Å². The predicted octanol–water partition coefficient (Wildman–Crippen LogP) is 6.37. The van der Waals surface area contributed by atoms with Crippen LogP contribution in [-0.4, -0.2) is 17.5 Å². The van der Waals surface area contributed by atoms with Gasteiger partial charge in [-0.1, -0.05) is 73.5 Å². The number of amidine groups is 1. The number of benzene rings is 3. The average molecular weight is 536 g/mol. The number of rotatable bonds is 15. The summed E-state index contributed by atoms with van der Waals surface area (Å²) >= 11 is 0. The minimum absolute atomic E-state index is 0.105. The Balaban J connectivity index is 1.88. The largest absolute Gasteiger partial charge is 0.457 e. The second-order valence-corrected chi connectivity index (χ2v) is 10.9. The number of nitrogens with two attached hydrogens (primary N) is 1. The molecule has 200 valence electrons. The molecule has 1 amide bonds. The van der Waals surface area contributed by atoms with Crippen LogP contribution in [0.15, 0.2) is 84.9 Å². The number of unbranched alkanes of at least 4 members (excludes halogenated alkanes) is 3. The molecule has 0 saturated carbocycles. The van der Waals surface area contributed by atoms with Gasteiger partial charge in [0, 0.05) is 18.4 Å². The number of carbonyl (C=O) groups excluding carboxylic acids is 2. The quantitative estimate of drug-likeness (QED) is 0.0897. The van der Waals surface area contributed by atoms with Gasteiger partial charge in [0.2, 0.25) is 5.91 Å². The number of hydrogen-bond donors (Lipinski definition) is 3. The van der Waals surface area contributed by atoms with Crippen molar-refractivity contribution in [3.63, 3.8) is 0 Å². The molecule has 0 aromatic heterocycles. The van der Waals surface area contributed by atoms with Crippen molar-refractivity contribution in [3.05, 3.63) is 96.1 Å². The van der Waals surface area contributed by atoms with Gasteiger partial charge in [-0.15, -0.1) is 0 Å². The Bertz CT molecular complexity index is 1200. The van der Waals surface area contributed by atoms with Crippen molar-refractivity contribution >= 4 is 25.1 Å². The normalized spacial score (nSPS) is 11.8. The fraction of sp³-hybridized carbons (Fsp3) is 0.276. The van der Waals surface area contributed by atoms with E-state index in [1.54, 1.807) is 79.7 Å². The van der Waals surface area contributed by atoms with Crippen molar-refractivity contribution < 1.29 is 23.2 Å². The molecule has 0 aliphatic rings. The van der Waals surface area contributed by atoms with Crippen LogP contribution in [0.25, 0.3) is 0 Å². The van der Waals surface area contributed by atoms with Crippen LogP contribution in [0.3, 0.4) is 0 Å². The van der Waals surface area contributed by atoms with Crippen molar-refractivity contribution in [2.45, 2.75) is 51.2 Å². The second-order valence-electron chi connectivity index (χ2n) is 8.97. The lowest BCUT2D eigenvalue weighted by Gasteiger charge is -2.28. The summed E-state index contributed by atoms with van der Waals surface area (Å²) in [6.07, 6.45) is 3.85. The van der Waals surface area contributed by atoms with E-state index in [4.69, 9.17) is 20.2 Å². The lowest BCUT2D eigenvalue weighted by molar-refractivity contribution is -0.121. The molecule has 4 N–H and O–H groups in total. The highest BCUT2D eigenvalue weighted by Crippen LogP contribution is 2.59. The van der Waals surface area contributed by atoms with Crippen LogP contribution in [-0.2, 0) is 14.2 Å². The first-order valence-corrected chi connectivity index (χ1v) is 14.2. The molecule has 3 aromatic rings. The van der Waals surface area contributed by atoms with Crippen molar-refractivity contribution in [1.29, 1.82) is 5.41 Å². The molecule has 0 heterocycles. The molecule has 3 rings (SSSR count). The minimum Gasteiger partial charge on any atom is -0.414 e. The maximum absolute atomic E-state index is 14.5. The van der Waals surface area contributed by atoms with Gasteiger partial charge in [-0.2, -0.15) is 0 Å². The molecule has 0 aliphatic heterocycles. The third kappa shape index (κ3) is 8.89. The summed E-state index contributed by atoms with van der Waals surface area (Å²) in [6, 6.07) is 23.9. The SMILES string of the molecule is CC(=O)CCCCCCC(=O)NC(c1ccc(C(=N)N)cc1)P(=O)(Oc1ccccc1)Oc1ccccc1. The number of nitrogens with one attached hydrogen (secondary N) is 2. The predicted molar refractivity (Wildman–Crippen MR) is 148 cm³/mol. The zero-order valence-electron chi connectivity index (χ0n) is 21.5. The summed E-state index contributed by atoms with van der Waals surface area (Å²) in [5.74, 6) is -0.714. The Hall–Kier alpha value is -3.90. The van der Waals surface area contributed by atoms with E-state index in [-0.39, 0.29) is 23.9 Å². The maximum Gasteiger partial charge on any atom is 0.457 e. The number of Topliss-reactive ketones (excluding diaryl/α,β-unsaturated/α-hetero) is 1. The number of ketones is 1. The van der Waals surface area contributed by atoms with Crippen molar-refractivity contribution in [2.24, 2.45) is 5.73 Å². The molecule has 38 heavy (non-hydrogen) atoms. The highest BCUT2D eigenvalue weighted by atomic mass is 31.2. The van der Waals surface area contributed by atoms with E-state index in [0.29, 0.717) is 35.5 Å². The van der Waals surface area contributed by atoms with E-state index in [2.05, 4.69) is 5.32 Å². The van der Waals surface area contributed by atoms with Crippen molar-refractivity contribution in [2.75, 3.05) is 0 Å². The first-order chi connectivity index (χ1) is 18.3. The molecular weight excluding hydrogens is 501 g/mol. The molecule has 8 nitrogen and oxygen atoms in total. The molecule has 0 spiro atoms. The molecule has 0 fully saturated rings. The summed E-state index contributed by atoms with van der Waals surface area (Å²) in [5.41, 5.74) is 6.59. The zero-order valence-corrected chi connectivity index (χ0v) is 22.4. The number of nitrogen functional groups attached to an aromatic ring is 1. The van der Waals surface area contributed by atoms with Crippen LogP contribution < -0.4 is 20.1 Å². The Morgan fingerprint density at radius 3 is 1.79 bits per heavy atom. The van der Waals surface area contributed by atoms with Gasteiger partial charge in [-0.25, -0.2) is 4.57 Å². The maximum atomic E-state index is 14.5. The lowest BCUT2D eigenvalue weighted by Crippen LogP contribution is -2.31. The van der Waals surface area contributed by atoms with E-state index in [0.717, 1.165) is 19.3 Å². The van der Waals surface area contributed by atoms with Gasteiger partial charge in [-0.05, 0) is 49.6 Å². The second kappa shape index (κ2) is 14.1. The van der Waals surface area contributed by atoms with Gasteiger partial charge in [-0.3, -0.25) is 10.2 Å². The smallest absolute Gasteiger partial charge is 0.414 e. The Labute approximate surface area is 223 Å². The zero-order chi connectivity index (χ0) is 27.4. The third-order valence-corrected chi connectivity index (χ3v) is 7.78. The van der Waals surface area contributed by atoms with Gasteiger partial charge in [0.25, 0.3) is 0 Å². The van der Waals surface area contributed by atoms with Gasteiger partial charge < -0.3 is 24.9 Å². The van der Waals surface area contributed by atoms with Crippen LogP contribution in [0.4, 0.5) is 0 Å². The average Bonchev–Trinajstić information content (AvgIpc) is 2.90. The Kier molecular flexibility index (Phi) is 10.7. The van der Waals surface area contributed by atoms with Crippen molar-refractivity contribution in [3.8, 4) is 11.5 Å². The monoisotopic (exact) mass is 535 g/mol. The Morgan fingerprint density at radius 1 is 0.816 bits per heavy atom. The molecule has 9 heteroatoms. The molecule has 0 bridgehead atoms. The molecular formula is C29H34N3O5P. The summed E-state index contributed by atoms with van der Waals surface area (Å²) in [7, 11) is -4.10. The lowest BCUT2D eigenvalue weighted by atomic mass is 10.1. The topological polar surface area (TPSA) is 132 Å². The number of hydrogen-bond acceptors (Lipinski definition) is 6. The molecule has 0 saturated heterocycles. The van der Waals surface area contributed by atoms with Gasteiger partial charge >= 0.3 is 7.60 Å². The summed E-state index contributed by atoms with van der Waals surface area (Å²) in [4.78, 5) is 24.2. The third-order valence-electron chi connectivity index (χ3n) is 5.79. The van der Waals surface area contributed by atoms with Gasteiger partial charge in [0.1, 0.15) is 23.1 Å². The molecule has 0 radical (unpaired) electrons. The summed E-state index contributed by atoms with van der Waals surface area (Å²) < 4.78 is 26.5. The van der Waals surface area contributed by atoms with Crippen LogP contribution in [0, 0.1) is 5.41 Å². The van der Waals surface area contributed by atoms with Gasteiger partial charge in [0.15, 0.2) is 5.78 Å². The fourth-order valence-corrected chi connectivity index (χ4v) is 5.73. The summed E-state index contributed by atoms with van der Waals surface area (Å²) in [5, 5.41) is 10.6. The van der Waals surface area contributed by atoms with E-state index in [1.807, 2.05) is 12.1 Å².